The van der Waals surface area contributed by atoms with E-state index in [1.165, 1.54) is 4.90 Å². The standard InChI is InChI=1S/C11H12N2O3/c1-13-7-9(12-11(13)15)16-10(14)8-5-3-2-4-6-8/h2-6,9H,7H2,1H3,(H,12,15). The van der Waals surface area contributed by atoms with Crippen molar-refractivity contribution in [2.45, 2.75) is 6.23 Å². The minimum Gasteiger partial charge on any atom is -0.436 e. The minimum absolute atomic E-state index is 0.231. The number of hydrogen-bond acceptors (Lipinski definition) is 3. The van der Waals surface area contributed by atoms with Gasteiger partial charge in [0.25, 0.3) is 0 Å². The summed E-state index contributed by atoms with van der Waals surface area (Å²) in [7, 11) is 1.64. The molecule has 0 spiro atoms. The van der Waals surface area contributed by atoms with Gasteiger partial charge in [0.2, 0.25) is 0 Å². The summed E-state index contributed by atoms with van der Waals surface area (Å²) in [5.74, 6) is -0.429. The molecule has 0 radical (unpaired) electrons. The Hall–Kier alpha value is -2.04. The van der Waals surface area contributed by atoms with Gasteiger partial charge in [0.15, 0.2) is 6.23 Å². The lowest BCUT2D eigenvalue weighted by Gasteiger charge is -2.10. The quantitative estimate of drug-likeness (QED) is 0.751. The van der Waals surface area contributed by atoms with Crippen molar-refractivity contribution in [3.8, 4) is 0 Å². The van der Waals surface area contributed by atoms with E-state index in [0.29, 0.717) is 12.1 Å². The van der Waals surface area contributed by atoms with Crippen LogP contribution in [0.4, 0.5) is 4.79 Å². The van der Waals surface area contributed by atoms with Gasteiger partial charge in [-0.2, -0.15) is 0 Å². The number of likely N-dealkylation sites (N-methyl/N-ethyl adjacent to an activating group) is 1. The second-order valence-electron chi connectivity index (χ2n) is 3.59. The molecule has 2 amide bonds. The van der Waals surface area contributed by atoms with E-state index in [1.54, 1.807) is 31.3 Å². The van der Waals surface area contributed by atoms with E-state index < -0.39 is 12.2 Å². The van der Waals surface area contributed by atoms with Crippen LogP contribution in [0.1, 0.15) is 10.4 Å². The van der Waals surface area contributed by atoms with Crippen LogP contribution < -0.4 is 5.32 Å². The number of esters is 1. The first-order chi connectivity index (χ1) is 7.66. The average molecular weight is 220 g/mol. The van der Waals surface area contributed by atoms with Crippen LogP contribution in [-0.4, -0.2) is 36.7 Å². The maximum atomic E-state index is 11.6. The van der Waals surface area contributed by atoms with Crippen molar-refractivity contribution in [3.63, 3.8) is 0 Å². The molecule has 1 N–H and O–H groups in total. The van der Waals surface area contributed by atoms with Gasteiger partial charge in [0.1, 0.15) is 0 Å². The van der Waals surface area contributed by atoms with Crippen molar-refractivity contribution in [2.24, 2.45) is 0 Å². The van der Waals surface area contributed by atoms with Gasteiger partial charge >= 0.3 is 12.0 Å². The number of carbonyl (C=O) groups is 2. The number of ether oxygens (including phenoxy) is 1. The largest absolute Gasteiger partial charge is 0.436 e. The van der Waals surface area contributed by atoms with Crippen molar-refractivity contribution in [2.75, 3.05) is 13.6 Å². The third kappa shape index (κ3) is 2.13. The third-order valence-electron chi connectivity index (χ3n) is 2.33. The molecular weight excluding hydrogens is 208 g/mol. The number of urea groups is 1. The number of nitrogens with zero attached hydrogens (tertiary/aromatic N) is 1. The topological polar surface area (TPSA) is 58.6 Å². The van der Waals surface area contributed by atoms with Crippen molar-refractivity contribution in [1.29, 1.82) is 0 Å². The second kappa shape index (κ2) is 4.22. The Bertz CT molecular complexity index is 405. The normalized spacial score (nSPS) is 19.4. The maximum Gasteiger partial charge on any atom is 0.340 e. The number of nitrogens with one attached hydrogen (secondary N) is 1. The lowest BCUT2D eigenvalue weighted by atomic mass is 10.2. The first-order valence-corrected chi connectivity index (χ1v) is 4.94. The fraction of sp³-hybridized carbons (Fsp3) is 0.273. The van der Waals surface area contributed by atoms with Crippen molar-refractivity contribution in [3.05, 3.63) is 35.9 Å². The fourth-order valence-electron chi connectivity index (χ4n) is 1.46. The summed E-state index contributed by atoms with van der Waals surface area (Å²) >= 11 is 0. The number of hydrogen-bond donors (Lipinski definition) is 1. The Morgan fingerprint density at radius 2 is 2.12 bits per heavy atom. The van der Waals surface area contributed by atoms with Crippen molar-refractivity contribution >= 4 is 12.0 Å². The van der Waals surface area contributed by atoms with E-state index in [0.717, 1.165) is 0 Å². The minimum atomic E-state index is -0.565. The molecule has 1 fully saturated rings. The molecule has 1 saturated heterocycles. The number of carbonyl (C=O) groups excluding carboxylic acids is 2. The van der Waals surface area contributed by atoms with Gasteiger partial charge in [-0.25, -0.2) is 9.59 Å². The SMILES string of the molecule is CN1CC(OC(=O)c2ccccc2)NC1=O. The molecule has 1 aliphatic heterocycles. The molecule has 16 heavy (non-hydrogen) atoms. The predicted molar refractivity (Wildman–Crippen MR) is 56.8 cm³/mol. The first-order valence-electron chi connectivity index (χ1n) is 4.94. The van der Waals surface area contributed by atoms with Crippen LogP contribution in [0.2, 0.25) is 0 Å². The van der Waals surface area contributed by atoms with Gasteiger partial charge in [-0.1, -0.05) is 18.2 Å². The summed E-state index contributed by atoms with van der Waals surface area (Å²) in [5.41, 5.74) is 0.478. The molecule has 2 rings (SSSR count). The Balaban J connectivity index is 1.97. The zero-order chi connectivity index (χ0) is 11.5. The molecular formula is C11H12N2O3. The molecule has 5 heteroatoms. The van der Waals surface area contributed by atoms with Gasteiger partial charge in [0, 0.05) is 7.05 Å². The Kier molecular flexibility index (Phi) is 2.76. The number of amides is 2. The van der Waals surface area contributed by atoms with E-state index in [2.05, 4.69) is 5.32 Å². The Morgan fingerprint density at radius 3 is 2.69 bits per heavy atom. The highest BCUT2D eigenvalue weighted by atomic mass is 16.6. The molecule has 0 aromatic heterocycles. The van der Waals surface area contributed by atoms with Crippen LogP contribution in [0, 0.1) is 0 Å². The van der Waals surface area contributed by atoms with E-state index in [1.807, 2.05) is 6.07 Å². The molecule has 84 valence electrons. The van der Waals surface area contributed by atoms with Crippen LogP contribution in [0.3, 0.4) is 0 Å². The van der Waals surface area contributed by atoms with Crippen LogP contribution in [0.25, 0.3) is 0 Å². The van der Waals surface area contributed by atoms with Crippen LogP contribution >= 0.6 is 0 Å². The summed E-state index contributed by atoms with van der Waals surface area (Å²) in [5, 5.41) is 2.55. The summed E-state index contributed by atoms with van der Waals surface area (Å²) in [6.45, 7) is 0.372. The summed E-state index contributed by atoms with van der Waals surface area (Å²) in [6.07, 6.45) is -0.565. The highest BCUT2D eigenvalue weighted by molar-refractivity contribution is 5.89. The van der Waals surface area contributed by atoms with Crippen molar-refractivity contribution in [1.82, 2.24) is 10.2 Å². The molecule has 0 bridgehead atoms. The summed E-state index contributed by atoms with van der Waals surface area (Å²) in [6, 6.07) is 8.45. The number of rotatable bonds is 2. The first kappa shape index (κ1) is 10.5. The number of benzene rings is 1. The van der Waals surface area contributed by atoms with Gasteiger partial charge in [-0.3, -0.25) is 0 Å². The molecule has 0 saturated carbocycles. The fourth-order valence-corrected chi connectivity index (χ4v) is 1.46. The smallest absolute Gasteiger partial charge is 0.340 e. The highest BCUT2D eigenvalue weighted by Gasteiger charge is 2.28. The zero-order valence-electron chi connectivity index (χ0n) is 8.84. The second-order valence-corrected chi connectivity index (χ2v) is 3.59. The van der Waals surface area contributed by atoms with Crippen LogP contribution in [-0.2, 0) is 4.74 Å². The average Bonchev–Trinajstić information content (AvgIpc) is 2.59. The maximum absolute atomic E-state index is 11.6. The van der Waals surface area contributed by atoms with Gasteiger partial charge in [-0.05, 0) is 12.1 Å². The summed E-state index contributed by atoms with van der Waals surface area (Å²) in [4.78, 5) is 24.2. The third-order valence-corrected chi connectivity index (χ3v) is 2.33. The lowest BCUT2D eigenvalue weighted by Crippen LogP contribution is -2.31. The molecule has 1 heterocycles. The van der Waals surface area contributed by atoms with E-state index >= 15 is 0 Å². The molecule has 1 aliphatic rings. The van der Waals surface area contributed by atoms with Crippen molar-refractivity contribution < 1.29 is 14.3 Å². The van der Waals surface area contributed by atoms with Gasteiger partial charge in [-0.15, -0.1) is 0 Å². The molecule has 1 aromatic carbocycles. The Labute approximate surface area is 93.0 Å². The molecule has 0 aliphatic carbocycles. The van der Waals surface area contributed by atoms with Crippen LogP contribution in [0.5, 0.6) is 0 Å². The molecule has 1 aromatic rings. The molecule has 1 atom stereocenters. The summed E-state index contributed by atoms with van der Waals surface area (Å²) < 4.78 is 5.13. The van der Waals surface area contributed by atoms with E-state index in [4.69, 9.17) is 4.74 Å². The molecule has 1 unspecified atom stereocenters. The van der Waals surface area contributed by atoms with E-state index in [9.17, 15) is 9.59 Å². The Morgan fingerprint density at radius 1 is 1.44 bits per heavy atom. The van der Waals surface area contributed by atoms with E-state index in [-0.39, 0.29) is 6.03 Å². The monoisotopic (exact) mass is 220 g/mol. The highest BCUT2D eigenvalue weighted by Crippen LogP contribution is 2.07. The predicted octanol–water partition coefficient (Wildman–Crippen LogP) is 0.825. The lowest BCUT2D eigenvalue weighted by molar-refractivity contribution is 0.0286. The zero-order valence-corrected chi connectivity index (χ0v) is 8.84. The van der Waals surface area contributed by atoms with Gasteiger partial charge < -0.3 is 15.0 Å². The van der Waals surface area contributed by atoms with Crippen LogP contribution in [0.15, 0.2) is 30.3 Å². The van der Waals surface area contributed by atoms with Gasteiger partial charge in [0.05, 0.1) is 12.1 Å². The molecule has 5 nitrogen and oxygen atoms in total.